The molecule has 0 radical (unpaired) electrons. The average Bonchev–Trinajstić information content (AvgIpc) is 2.85. The number of aromatic hydroxyl groups is 2. The van der Waals surface area contributed by atoms with Gasteiger partial charge in [0.15, 0.2) is 0 Å². The smallest absolute Gasteiger partial charge is 0.265 e. The molecule has 1 amide bonds. The van der Waals surface area contributed by atoms with Crippen LogP contribution in [0.25, 0.3) is 5.65 Å². The lowest BCUT2D eigenvalue weighted by Crippen LogP contribution is -2.30. The lowest BCUT2D eigenvalue weighted by molar-refractivity contribution is -0.121. The Labute approximate surface area is 196 Å². The van der Waals surface area contributed by atoms with E-state index in [0.29, 0.717) is 29.9 Å². The SMILES string of the molecule is COc1ccc(C(CC(=O)NCCc2ccc(O)cc2)c2c(O)nc3ccccn3c2=O)cc1. The van der Waals surface area contributed by atoms with Crippen molar-refractivity contribution < 1.29 is 19.7 Å². The van der Waals surface area contributed by atoms with Crippen molar-refractivity contribution >= 4 is 11.6 Å². The van der Waals surface area contributed by atoms with Crippen molar-refractivity contribution in [2.45, 2.75) is 18.8 Å². The van der Waals surface area contributed by atoms with Crippen LogP contribution in [0.15, 0.2) is 77.7 Å². The van der Waals surface area contributed by atoms with E-state index in [4.69, 9.17) is 4.74 Å². The van der Waals surface area contributed by atoms with Crippen molar-refractivity contribution in [1.82, 2.24) is 14.7 Å². The number of hydrogen-bond acceptors (Lipinski definition) is 6. The van der Waals surface area contributed by atoms with Gasteiger partial charge in [0.05, 0.1) is 12.7 Å². The maximum atomic E-state index is 13.3. The van der Waals surface area contributed by atoms with Crippen molar-refractivity contribution in [2.75, 3.05) is 13.7 Å². The van der Waals surface area contributed by atoms with E-state index in [1.165, 1.54) is 4.40 Å². The molecular weight excluding hydrogens is 434 g/mol. The van der Waals surface area contributed by atoms with E-state index in [1.807, 2.05) is 0 Å². The molecule has 4 aromatic rings. The molecular formula is C26H25N3O5. The van der Waals surface area contributed by atoms with Crippen molar-refractivity contribution in [3.63, 3.8) is 0 Å². The van der Waals surface area contributed by atoms with Gasteiger partial charge in [0.25, 0.3) is 5.56 Å². The number of methoxy groups -OCH3 is 1. The third-order valence-electron chi connectivity index (χ3n) is 5.68. The molecule has 34 heavy (non-hydrogen) atoms. The fourth-order valence-electron chi connectivity index (χ4n) is 3.89. The molecule has 0 spiro atoms. The Hall–Kier alpha value is -4.33. The number of hydrogen-bond donors (Lipinski definition) is 3. The van der Waals surface area contributed by atoms with E-state index in [9.17, 15) is 19.8 Å². The number of nitrogens with zero attached hydrogens (tertiary/aromatic N) is 2. The number of carbonyl (C=O) groups is 1. The van der Waals surface area contributed by atoms with Gasteiger partial charge in [-0.2, -0.15) is 4.98 Å². The van der Waals surface area contributed by atoms with Gasteiger partial charge in [0.2, 0.25) is 11.8 Å². The molecule has 2 aromatic heterocycles. The molecule has 0 aliphatic heterocycles. The Balaban J connectivity index is 1.61. The third kappa shape index (κ3) is 5.01. The maximum Gasteiger partial charge on any atom is 0.265 e. The summed E-state index contributed by atoms with van der Waals surface area (Å²) in [6, 6.07) is 18.9. The maximum absolute atomic E-state index is 13.3. The molecule has 0 saturated heterocycles. The quantitative estimate of drug-likeness (QED) is 0.373. The summed E-state index contributed by atoms with van der Waals surface area (Å²) in [5, 5.41) is 23.0. The molecule has 8 heteroatoms. The molecule has 3 N–H and O–H groups in total. The second-order valence-corrected chi connectivity index (χ2v) is 7.88. The van der Waals surface area contributed by atoms with E-state index < -0.39 is 17.4 Å². The van der Waals surface area contributed by atoms with Crippen LogP contribution in [-0.4, -0.2) is 39.2 Å². The molecule has 2 aromatic carbocycles. The van der Waals surface area contributed by atoms with E-state index >= 15 is 0 Å². The Morgan fingerprint density at radius 3 is 2.50 bits per heavy atom. The molecule has 8 nitrogen and oxygen atoms in total. The highest BCUT2D eigenvalue weighted by Crippen LogP contribution is 2.32. The number of phenolic OH excluding ortho intramolecular Hbond substituents is 1. The number of rotatable bonds is 8. The largest absolute Gasteiger partial charge is 0.508 e. The number of fused-ring (bicyclic) bond motifs is 1. The van der Waals surface area contributed by atoms with Crippen LogP contribution in [0.1, 0.15) is 29.0 Å². The number of phenols is 1. The Bertz CT molecular complexity index is 1350. The van der Waals surface area contributed by atoms with Crippen molar-refractivity contribution in [1.29, 1.82) is 0 Å². The minimum atomic E-state index is -0.711. The van der Waals surface area contributed by atoms with E-state index in [2.05, 4.69) is 10.3 Å². The zero-order valence-corrected chi connectivity index (χ0v) is 18.6. The molecule has 0 saturated carbocycles. The van der Waals surface area contributed by atoms with Crippen LogP contribution < -0.4 is 15.6 Å². The number of pyridine rings is 1. The first-order valence-electron chi connectivity index (χ1n) is 10.8. The summed E-state index contributed by atoms with van der Waals surface area (Å²) in [5.41, 5.74) is 1.60. The number of carbonyl (C=O) groups excluding carboxylic acids is 1. The molecule has 0 aliphatic rings. The second kappa shape index (κ2) is 10.1. The first-order chi connectivity index (χ1) is 16.5. The molecule has 1 atom stereocenters. The van der Waals surface area contributed by atoms with E-state index in [1.54, 1.807) is 80.0 Å². The normalized spacial score (nSPS) is 11.8. The van der Waals surface area contributed by atoms with Gasteiger partial charge >= 0.3 is 0 Å². The van der Waals surface area contributed by atoms with E-state index in [0.717, 1.165) is 5.56 Å². The first-order valence-corrected chi connectivity index (χ1v) is 10.8. The highest BCUT2D eigenvalue weighted by Gasteiger charge is 2.26. The van der Waals surface area contributed by atoms with Gasteiger partial charge in [-0.3, -0.25) is 14.0 Å². The number of aromatic nitrogens is 2. The number of benzene rings is 2. The monoisotopic (exact) mass is 459 g/mol. The molecule has 2 heterocycles. The number of amides is 1. The summed E-state index contributed by atoms with van der Waals surface area (Å²) in [6.45, 7) is 0.389. The molecule has 4 rings (SSSR count). The van der Waals surface area contributed by atoms with Crippen LogP contribution >= 0.6 is 0 Å². The minimum absolute atomic E-state index is 0.0503. The van der Waals surface area contributed by atoms with Crippen LogP contribution in [0.4, 0.5) is 0 Å². The standard InChI is InChI=1S/C26H25N3O5/c1-34-20-11-7-18(8-12-20)21(16-23(31)27-14-13-17-5-9-19(30)10-6-17)24-25(32)28-22-4-2-3-15-29(22)26(24)33/h2-12,15,21,30,32H,13-14,16H2,1H3,(H,27,31). The number of nitrogens with one attached hydrogen (secondary N) is 1. The fraction of sp³-hybridized carbons (Fsp3) is 0.192. The third-order valence-corrected chi connectivity index (χ3v) is 5.68. The molecule has 0 fully saturated rings. The van der Waals surface area contributed by atoms with Gasteiger partial charge in [-0.1, -0.05) is 30.3 Å². The Kier molecular flexibility index (Phi) is 6.77. The summed E-state index contributed by atoms with van der Waals surface area (Å²) in [7, 11) is 1.56. The summed E-state index contributed by atoms with van der Waals surface area (Å²) >= 11 is 0. The summed E-state index contributed by atoms with van der Waals surface area (Å²) < 4.78 is 6.58. The van der Waals surface area contributed by atoms with Gasteiger partial charge in [-0.05, 0) is 53.9 Å². The van der Waals surface area contributed by atoms with Gasteiger partial charge < -0.3 is 20.3 Å². The predicted molar refractivity (Wildman–Crippen MR) is 127 cm³/mol. The van der Waals surface area contributed by atoms with Crippen LogP contribution in [0.3, 0.4) is 0 Å². The van der Waals surface area contributed by atoms with Gasteiger partial charge in [0.1, 0.15) is 17.1 Å². The highest BCUT2D eigenvalue weighted by atomic mass is 16.5. The van der Waals surface area contributed by atoms with Gasteiger partial charge in [-0.25, -0.2) is 0 Å². The molecule has 174 valence electrons. The summed E-state index contributed by atoms with van der Waals surface area (Å²) in [4.78, 5) is 30.3. The van der Waals surface area contributed by atoms with E-state index in [-0.39, 0.29) is 23.6 Å². The predicted octanol–water partition coefficient (Wildman–Crippen LogP) is 3.00. The topological polar surface area (TPSA) is 113 Å². The molecule has 0 aliphatic carbocycles. The van der Waals surface area contributed by atoms with Crippen LogP contribution in [-0.2, 0) is 11.2 Å². The Morgan fingerprint density at radius 1 is 1.06 bits per heavy atom. The first kappa shape index (κ1) is 22.8. The second-order valence-electron chi connectivity index (χ2n) is 7.88. The average molecular weight is 460 g/mol. The lowest BCUT2D eigenvalue weighted by Gasteiger charge is -2.19. The fourth-order valence-corrected chi connectivity index (χ4v) is 3.89. The van der Waals surface area contributed by atoms with Gasteiger partial charge in [0, 0.05) is 25.1 Å². The summed E-state index contributed by atoms with van der Waals surface area (Å²) in [5.74, 6) is -0.550. The zero-order valence-electron chi connectivity index (χ0n) is 18.6. The van der Waals surface area contributed by atoms with Crippen molar-refractivity contribution in [2.24, 2.45) is 0 Å². The Morgan fingerprint density at radius 2 is 1.79 bits per heavy atom. The molecule has 0 bridgehead atoms. The molecule has 1 unspecified atom stereocenters. The lowest BCUT2D eigenvalue weighted by atomic mass is 9.89. The summed E-state index contributed by atoms with van der Waals surface area (Å²) in [6.07, 6.45) is 2.12. The number of ether oxygens (including phenoxy) is 1. The van der Waals surface area contributed by atoms with Crippen molar-refractivity contribution in [3.05, 3.63) is 100.0 Å². The van der Waals surface area contributed by atoms with Crippen molar-refractivity contribution in [3.8, 4) is 17.4 Å². The zero-order chi connectivity index (χ0) is 24.1. The highest BCUT2D eigenvalue weighted by molar-refractivity contribution is 5.77. The van der Waals surface area contributed by atoms with Crippen LogP contribution in [0.5, 0.6) is 17.4 Å². The van der Waals surface area contributed by atoms with Crippen LogP contribution in [0.2, 0.25) is 0 Å². The van der Waals surface area contributed by atoms with Gasteiger partial charge in [-0.15, -0.1) is 0 Å². The van der Waals surface area contributed by atoms with Crippen LogP contribution in [0, 0.1) is 0 Å². The minimum Gasteiger partial charge on any atom is -0.508 e.